The summed E-state index contributed by atoms with van der Waals surface area (Å²) in [5, 5.41) is 4.50. The molecule has 1 aliphatic rings. The molecule has 4 rings (SSSR count). The van der Waals surface area contributed by atoms with Crippen molar-refractivity contribution in [3.8, 4) is 0 Å². The standard InChI is InChI=1S/C20H27N5O3/c1-4-7-22-8-10-23(11-9-22)19(26)15(5-2)25-20(27)17-13-18-16(6-12-28-18)24(17)14(3)21-25/h6,12-13,15H,4-5,7-11H2,1-3H3. The lowest BCUT2D eigenvalue weighted by Gasteiger charge is -2.36. The number of amides is 1. The Balaban J connectivity index is 1.66. The molecule has 1 atom stereocenters. The summed E-state index contributed by atoms with van der Waals surface area (Å²) in [6.45, 7) is 10.2. The highest BCUT2D eigenvalue weighted by Crippen LogP contribution is 2.21. The molecule has 1 fully saturated rings. The highest BCUT2D eigenvalue weighted by Gasteiger charge is 2.30. The number of carbonyl (C=O) groups excluding carboxylic acids is 1. The van der Waals surface area contributed by atoms with E-state index in [1.165, 1.54) is 4.68 Å². The number of piperazine rings is 1. The molecule has 0 aliphatic carbocycles. The minimum Gasteiger partial charge on any atom is -0.463 e. The number of carbonyl (C=O) groups is 1. The van der Waals surface area contributed by atoms with Gasteiger partial charge in [-0.1, -0.05) is 13.8 Å². The van der Waals surface area contributed by atoms with Crippen LogP contribution >= 0.6 is 0 Å². The maximum Gasteiger partial charge on any atom is 0.291 e. The van der Waals surface area contributed by atoms with Crippen molar-refractivity contribution in [1.82, 2.24) is 24.0 Å². The molecule has 0 radical (unpaired) electrons. The molecule has 8 nitrogen and oxygen atoms in total. The van der Waals surface area contributed by atoms with Gasteiger partial charge in [-0.05, 0) is 26.3 Å². The molecule has 3 aromatic heterocycles. The van der Waals surface area contributed by atoms with E-state index < -0.39 is 6.04 Å². The van der Waals surface area contributed by atoms with Crippen molar-refractivity contribution in [1.29, 1.82) is 0 Å². The van der Waals surface area contributed by atoms with Crippen LogP contribution in [0.2, 0.25) is 0 Å². The summed E-state index contributed by atoms with van der Waals surface area (Å²) < 4.78 is 8.59. The minimum absolute atomic E-state index is 0.0211. The molecule has 0 spiro atoms. The van der Waals surface area contributed by atoms with Gasteiger partial charge in [-0.3, -0.25) is 18.9 Å². The van der Waals surface area contributed by atoms with E-state index in [9.17, 15) is 9.59 Å². The molecule has 28 heavy (non-hydrogen) atoms. The Morgan fingerprint density at radius 1 is 1.21 bits per heavy atom. The lowest BCUT2D eigenvalue weighted by Crippen LogP contribution is -2.51. The number of rotatable bonds is 5. The second-order valence-corrected chi connectivity index (χ2v) is 7.42. The number of hydrogen-bond donors (Lipinski definition) is 0. The van der Waals surface area contributed by atoms with Gasteiger partial charge in [0.25, 0.3) is 5.56 Å². The van der Waals surface area contributed by atoms with Gasteiger partial charge in [0.1, 0.15) is 17.4 Å². The second kappa shape index (κ2) is 7.43. The Morgan fingerprint density at radius 2 is 1.96 bits per heavy atom. The van der Waals surface area contributed by atoms with Crippen LogP contribution in [0.3, 0.4) is 0 Å². The molecule has 1 aliphatic heterocycles. The van der Waals surface area contributed by atoms with Gasteiger partial charge in [-0.25, -0.2) is 4.68 Å². The molecule has 4 heterocycles. The normalized spacial score (nSPS) is 16.9. The quantitative estimate of drug-likeness (QED) is 0.672. The minimum atomic E-state index is -0.588. The molecule has 8 heteroatoms. The average Bonchev–Trinajstić information content (AvgIpc) is 3.28. The Kier molecular flexibility index (Phi) is 4.97. The number of hydrogen-bond acceptors (Lipinski definition) is 5. The Hall–Kier alpha value is -2.61. The van der Waals surface area contributed by atoms with Crippen molar-refractivity contribution >= 4 is 22.5 Å². The molecule has 3 aromatic rings. The predicted molar refractivity (Wildman–Crippen MR) is 107 cm³/mol. The summed E-state index contributed by atoms with van der Waals surface area (Å²) in [5.41, 5.74) is 1.68. The monoisotopic (exact) mass is 385 g/mol. The fourth-order valence-electron chi connectivity index (χ4n) is 4.18. The highest BCUT2D eigenvalue weighted by molar-refractivity contribution is 5.83. The van der Waals surface area contributed by atoms with Gasteiger partial charge in [-0.2, -0.15) is 5.10 Å². The van der Waals surface area contributed by atoms with Gasteiger partial charge in [0, 0.05) is 38.3 Å². The van der Waals surface area contributed by atoms with Crippen molar-refractivity contribution in [2.24, 2.45) is 0 Å². The molecule has 1 unspecified atom stereocenters. The SMILES string of the molecule is CCCN1CCN(C(=O)C(CC)n2nc(C)n3c(cc4occc43)c2=O)CC1. The summed E-state index contributed by atoms with van der Waals surface area (Å²) >= 11 is 0. The van der Waals surface area contributed by atoms with Crippen molar-refractivity contribution in [3.63, 3.8) is 0 Å². The van der Waals surface area contributed by atoms with Gasteiger partial charge in [0.2, 0.25) is 5.91 Å². The predicted octanol–water partition coefficient (Wildman–Crippen LogP) is 2.06. The maximum absolute atomic E-state index is 13.2. The van der Waals surface area contributed by atoms with E-state index in [0.717, 1.165) is 31.6 Å². The van der Waals surface area contributed by atoms with Crippen molar-refractivity contribution in [2.45, 2.75) is 39.7 Å². The summed E-state index contributed by atoms with van der Waals surface area (Å²) in [4.78, 5) is 30.6. The fraction of sp³-hybridized carbons (Fsp3) is 0.550. The Morgan fingerprint density at radius 3 is 2.64 bits per heavy atom. The van der Waals surface area contributed by atoms with Crippen LogP contribution in [-0.4, -0.2) is 62.6 Å². The molecule has 0 N–H and O–H groups in total. The Bertz CT molecular complexity index is 1060. The summed E-state index contributed by atoms with van der Waals surface area (Å²) in [5.74, 6) is 0.636. The van der Waals surface area contributed by atoms with Gasteiger partial charge in [0.15, 0.2) is 5.58 Å². The van der Waals surface area contributed by atoms with E-state index in [1.807, 2.05) is 24.8 Å². The number of aryl methyl sites for hydroxylation is 1. The van der Waals surface area contributed by atoms with Crippen molar-refractivity contribution in [3.05, 3.63) is 34.6 Å². The van der Waals surface area contributed by atoms with E-state index in [0.29, 0.717) is 36.4 Å². The molecule has 0 aromatic carbocycles. The van der Waals surface area contributed by atoms with Crippen molar-refractivity contribution < 1.29 is 9.21 Å². The van der Waals surface area contributed by atoms with Crippen LogP contribution in [0, 0.1) is 6.92 Å². The van der Waals surface area contributed by atoms with Crippen LogP contribution in [-0.2, 0) is 4.79 Å². The van der Waals surface area contributed by atoms with Crippen LogP contribution in [0.5, 0.6) is 0 Å². The largest absolute Gasteiger partial charge is 0.463 e. The average molecular weight is 385 g/mol. The lowest BCUT2D eigenvalue weighted by molar-refractivity contribution is -0.137. The molecule has 0 bridgehead atoms. The van der Waals surface area contributed by atoms with Gasteiger partial charge in [0.05, 0.1) is 11.8 Å². The first-order chi connectivity index (χ1) is 13.5. The first-order valence-corrected chi connectivity index (χ1v) is 10.0. The molecule has 0 saturated carbocycles. The third-order valence-corrected chi connectivity index (χ3v) is 5.62. The summed E-state index contributed by atoms with van der Waals surface area (Å²) in [7, 11) is 0. The van der Waals surface area contributed by atoms with Crippen LogP contribution in [0.4, 0.5) is 0 Å². The van der Waals surface area contributed by atoms with Crippen LogP contribution in [0.25, 0.3) is 16.6 Å². The summed E-state index contributed by atoms with van der Waals surface area (Å²) in [6.07, 6.45) is 3.23. The number of fused-ring (bicyclic) bond motifs is 3. The first-order valence-electron chi connectivity index (χ1n) is 10.0. The van der Waals surface area contributed by atoms with E-state index in [4.69, 9.17) is 4.42 Å². The highest BCUT2D eigenvalue weighted by atomic mass is 16.3. The number of aromatic nitrogens is 3. The van der Waals surface area contributed by atoms with Gasteiger partial charge in [-0.15, -0.1) is 0 Å². The number of nitrogens with zero attached hydrogens (tertiary/aromatic N) is 5. The fourth-order valence-corrected chi connectivity index (χ4v) is 4.18. The Labute approximate surface area is 163 Å². The van der Waals surface area contributed by atoms with Gasteiger partial charge >= 0.3 is 0 Å². The molecular formula is C20H27N5O3. The third-order valence-electron chi connectivity index (χ3n) is 5.62. The second-order valence-electron chi connectivity index (χ2n) is 7.42. The molecular weight excluding hydrogens is 358 g/mol. The lowest BCUT2D eigenvalue weighted by atomic mass is 10.1. The number of furan rings is 1. The zero-order chi connectivity index (χ0) is 19.8. The van der Waals surface area contributed by atoms with E-state index in [-0.39, 0.29) is 11.5 Å². The molecule has 150 valence electrons. The topological polar surface area (TPSA) is 76.0 Å². The maximum atomic E-state index is 13.2. The zero-order valence-electron chi connectivity index (χ0n) is 16.7. The van der Waals surface area contributed by atoms with Crippen LogP contribution < -0.4 is 5.56 Å². The van der Waals surface area contributed by atoms with E-state index in [1.54, 1.807) is 16.7 Å². The third kappa shape index (κ3) is 3.01. The molecule has 1 amide bonds. The van der Waals surface area contributed by atoms with Crippen LogP contribution in [0.15, 0.2) is 27.6 Å². The van der Waals surface area contributed by atoms with Gasteiger partial charge < -0.3 is 9.32 Å². The first kappa shape index (κ1) is 18.7. The zero-order valence-corrected chi connectivity index (χ0v) is 16.7. The summed E-state index contributed by atoms with van der Waals surface area (Å²) in [6, 6.07) is 2.96. The van der Waals surface area contributed by atoms with Crippen LogP contribution in [0.1, 0.15) is 38.6 Å². The van der Waals surface area contributed by atoms with E-state index >= 15 is 0 Å². The smallest absolute Gasteiger partial charge is 0.291 e. The van der Waals surface area contributed by atoms with E-state index in [2.05, 4.69) is 16.9 Å². The molecule has 1 saturated heterocycles. The van der Waals surface area contributed by atoms with Crippen molar-refractivity contribution in [2.75, 3.05) is 32.7 Å².